The van der Waals surface area contributed by atoms with Crippen LogP contribution in [-0.4, -0.2) is 20.7 Å². The van der Waals surface area contributed by atoms with Gasteiger partial charge in [-0.15, -0.1) is 0 Å². The van der Waals surface area contributed by atoms with Gasteiger partial charge >= 0.3 is 90.8 Å². The predicted octanol–water partition coefficient (Wildman–Crippen LogP) is 1.80. The molecule has 2 rings (SSSR count). The molecular weight excluding hydrogens is 239 g/mol. The molecule has 2 atom stereocenters. The zero-order valence-electron chi connectivity index (χ0n) is 8.27. The summed E-state index contributed by atoms with van der Waals surface area (Å²) in [6.07, 6.45) is 1.90. The molecule has 0 aromatic heterocycles. The van der Waals surface area contributed by atoms with E-state index in [2.05, 4.69) is 31.2 Å². The van der Waals surface area contributed by atoms with E-state index < -0.39 is 0 Å². The van der Waals surface area contributed by atoms with E-state index in [-0.39, 0.29) is 0 Å². The molecule has 0 unspecified atom stereocenters. The Hall–Kier alpha value is -0.591. The van der Waals surface area contributed by atoms with E-state index in [1.54, 1.807) is 0 Å². The topological polar surface area (TPSA) is 17.1 Å². The van der Waals surface area contributed by atoms with Crippen molar-refractivity contribution in [3.8, 4) is 0 Å². The van der Waals surface area contributed by atoms with Crippen LogP contribution >= 0.6 is 0 Å². The first-order chi connectivity index (χ1) is 6.77. The van der Waals surface area contributed by atoms with Crippen molar-refractivity contribution in [3.05, 3.63) is 30.3 Å². The summed E-state index contributed by atoms with van der Waals surface area (Å²) in [5.74, 6) is 1.09. The van der Waals surface area contributed by atoms with Gasteiger partial charge in [0.05, 0.1) is 0 Å². The summed E-state index contributed by atoms with van der Waals surface area (Å²) < 4.78 is 1.35. The molecule has 0 amide bonds. The first kappa shape index (κ1) is 9.95. The van der Waals surface area contributed by atoms with Crippen LogP contribution in [0.5, 0.6) is 0 Å². The number of benzene rings is 1. The maximum atomic E-state index is 11.6. The molecule has 1 saturated carbocycles. The first-order valence-electron chi connectivity index (χ1n) is 5.02. The summed E-state index contributed by atoms with van der Waals surface area (Å²) in [4.78, 5) is 11.9. The molecule has 0 radical (unpaired) electrons. The third kappa shape index (κ3) is 2.07. The van der Waals surface area contributed by atoms with Crippen LogP contribution in [0.3, 0.4) is 0 Å². The second-order valence-electron chi connectivity index (χ2n) is 3.83. The third-order valence-corrected chi connectivity index (χ3v) is 5.89. The number of rotatable bonds is 2. The van der Waals surface area contributed by atoms with Gasteiger partial charge in [-0.05, 0) is 0 Å². The van der Waals surface area contributed by atoms with E-state index in [1.165, 1.54) is 4.46 Å². The summed E-state index contributed by atoms with van der Waals surface area (Å²) in [7, 11) is 0. The third-order valence-electron chi connectivity index (χ3n) is 2.69. The van der Waals surface area contributed by atoms with Crippen LogP contribution in [0.2, 0.25) is 4.82 Å². The fraction of sp³-hybridized carbons (Fsp3) is 0.417. The van der Waals surface area contributed by atoms with Gasteiger partial charge in [-0.2, -0.15) is 0 Å². The Morgan fingerprint density at radius 2 is 2.00 bits per heavy atom. The average molecular weight is 253 g/mol. The molecule has 0 N–H and O–H groups in total. The molecule has 0 heterocycles. The van der Waals surface area contributed by atoms with Crippen LogP contribution in [0.25, 0.3) is 0 Å². The van der Waals surface area contributed by atoms with Crippen molar-refractivity contribution >= 4 is 25.2 Å². The van der Waals surface area contributed by atoms with Gasteiger partial charge in [0.1, 0.15) is 0 Å². The minimum absolute atomic E-state index is 0.338. The molecule has 0 spiro atoms. The standard InChI is InChI=1S/C12H14OSe/c1-9-7-8-11(13)12(9)14-10-5-3-2-4-6-10/h2-6,9,12H,7-8H2,1H3/t9-,12+/m0/s1. The van der Waals surface area contributed by atoms with Gasteiger partial charge in [0, 0.05) is 0 Å². The minimum atomic E-state index is 0.338. The molecule has 1 nitrogen and oxygen atoms in total. The van der Waals surface area contributed by atoms with E-state index in [1.807, 2.05) is 6.07 Å². The van der Waals surface area contributed by atoms with Crippen LogP contribution < -0.4 is 4.46 Å². The van der Waals surface area contributed by atoms with Gasteiger partial charge in [-0.3, -0.25) is 0 Å². The average Bonchev–Trinajstić information content (AvgIpc) is 2.51. The van der Waals surface area contributed by atoms with Crippen molar-refractivity contribution in [1.82, 2.24) is 0 Å². The molecule has 1 aliphatic rings. The Morgan fingerprint density at radius 1 is 1.29 bits per heavy atom. The van der Waals surface area contributed by atoms with E-state index in [0.717, 1.165) is 12.8 Å². The number of hydrogen-bond donors (Lipinski definition) is 0. The SMILES string of the molecule is C[C@H]1CCC(=O)[C@@H]1[Se]c1ccccc1. The van der Waals surface area contributed by atoms with E-state index in [9.17, 15) is 4.79 Å². The van der Waals surface area contributed by atoms with E-state index in [0.29, 0.717) is 31.5 Å². The maximum absolute atomic E-state index is 11.6. The van der Waals surface area contributed by atoms with E-state index >= 15 is 0 Å². The number of carbonyl (C=O) groups excluding carboxylic acids is 1. The number of carbonyl (C=O) groups is 1. The molecule has 1 aromatic rings. The second kappa shape index (κ2) is 4.29. The molecule has 1 aliphatic carbocycles. The molecule has 74 valence electrons. The summed E-state index contributed by atoms with van der Waals surface area (Å²) in [6.45, 7) is 2.21. The molecule has 1 fully saturated rings. The van der Waals surface area contributed by atoms with Crippen LogP contribution in [0.15, 0.2) is 30.3 Å². The van der Waals surface area contributed by atoms with Crippen molar-refractivity contribution in [3.63, 3.8) is 0 Å². The Balaban J connectivity index is 2.07. The van der Waals surface area contributed by atoms with Crippen LogP contribution in [0.4, 0.5) is 0 Å². The van der Waals surface area contributed by atoms with E-state index in [4.69, 9.17) is 0 Å². The fourth-order valence-corrected chi connectivity index (χ4v) is 4.38. The quantitative estimate of drug-likeness (QED) is 0.734. The summed E-state index contributed by atoms with van der Waals surface area (Å²) in [6, 6.07) is 10.4. The zero-order chi connectivity index (χ0) is 9.97. The molecule has 1 aromatic carbocycles. The second-order valence-corrected chi connectivity index (χ2v) is 6.38. The van der Waals surface area contributed by atoms with Crippen molar-refractivity contribution in [2.45, 2.75) is 24.6 Å². The van der Waals surface area contributed by atoms with Gasteiger partial charge in [-0.1, -0.05) is 0 Å². The van der Waals surface area contributed by atoms with Gasteiger partial charge in [0.15, 0.2) is 0 Å². The molecule has 14 heavy (non-hydrogen) atoms. The predicted molar refractivity (Wildman–Crippen MR) is 59.0 cm³/mol. The zero-order valence-corrected chi connectivity index (χ0v) is 9.99. The molecular formula is C12H14OSe. The monoisotopic (exact) mass is 254 g/mol. The number of ketones is 1. The molecule has 0 bridgehead atoms. The van der Waals surface area contributed by atoms with Crippen molar-refractivity contribution in [1.29, 1.82) is 0 Å². The summed E-state index contributed by atoms with van der Waals surface area (Å²) in [5, 5.41) is 0. The van der Waals surface area contributed by atoms with Crippen molar-refractivity contribution in [2.75, 3.05) is 0 Å². The van der Waals surface area contributed by atoms with Crippen LogP contribution in [-0.2, 0) is 4.79 Å². The van der Waals surface area contributed by atoms with Crippen LogP contribution in [0.1, 0.15) is 19.8 Å². The first-order valence-corrected chi connectivity index (χ1v) is 6.86. The summed E-state index contributed by atoms with van der Waals surface area (Å²) >= 11 is 0.342. The number of Topliss-reactive ketones (excluding diaryl/α,β-unsaturated/α-hetero) is 1. The van der Waals surface area contributed by atoms with Crippen LogP contribution in [0, 0.1) is 5.92 Å². The Labute approximate surface area is 91.1 Å². The Kier molecular flexibility index (Phi) is 3.05. The normalized spacial score (nSPS) is 26.8. The van der Waals surface area contributed by atoms with Gasteiger partial charge in [-0.25, -0.2) is 0 Å². The Morgan fingerprint density at radius 3 is 2.57 bits per heavy atom. The van der Waals surface area contributed by atoms with Gasteiger partial charge < -0.3 is 0 Å². The Bertz CT molecular complexity index is 320. The molecule has 0 aliphatic heterocycles. The summed E-state index contributed by atoms with van der Waals surface area (Å²) in [5.41, 5.74) is 0. The van der Waals surface area contributed by atoms with Crippen molar-refractivity contribution in [2.24, 2.45) is 5.92 Å². The van der Waals surface area contributed by atoms with Crippen molar-refractivity contribution < 1.29 is 4.79 Å². The fourth-order valence-electron chi connectivity index (χ4n) is 1.81. The number of hydrogen-bond acceptors (Lipinski definition) is 1. The van der Waals surface area contributed by atoms with Gasteiger partial charge in [0.25, 0.3) is 0 Å². The van der Waals surface area contributed by atoms with Gasteiger partial charge in [0.2, 0.25) is 0 Å². The molecule has 0 saturated heterocycles. The molecule has 2 heteroatoms.